The van der Waals surface area contributed by atoms with Crippen LogP contribution in [0.25, 0.3) is 0 Å². The fourth-order valence-corrected chi connectivity index (χ4v) is 3.03. The van der Waals surface area contributed by atoms with E-state index in [9.17, 15) is 8.42 Å². The Bertz CT molecular complexity index is 619. The van der Waals surface area contributed by atoms with Gasteiger partial charge < -0.3 is 9.47 Å². The molecule has 0 spiro atoms. The molecule has 1 aromatic rings. The number of rotatable bonds is 6. The molecule has 0 aromatic heterocycles. The number of benzene rings is 1. The van der Waals surface area contributed by atoms with E-state index in [1.807, 2.05) is 38.1 Å². The molecular formula is C14H20ClNO5S. The van der Waals surface area contributed by atoms with Crippen LogP contribution < -0.4 is 5.14 Å². The number of halogens is 1. The van der Waals surface area contributed by atoms with Gasteiger partial charge in [-0.2, -0.15) is 8.42 Å². The maximum absolute atomic E-state index is 10.8. The topological polar surface area (TPSA) is 87.9 Å². The van der Waals surface area contributed by atoms with Gasteiger partial charge in [0.15, 0.2) is 5.79 Å². The smallest absolute Gasteiger partial charge is 0.333 e. The Morgan fingerprint density at radius 3 is 2.55 bits per heavy atom. The lowest BCUT2D eigenvalue weighted by Crippen LogP contribution is -2.27. The molecule has 1 fully saturated rings. The third-order valence-corrected chi connectivity index (χ3v) is 4.18. The Hall–Kier alpha value is -0.700. The van der Waals surface area contributed by atoms with Crippen molar-refractivity contribution in [2.24, 2.45) is 5.14 Å². The lowest BCUT2D eigenvalue weighted by Gasteiger charge is -2.17. The Kier molecular flexibility index (Phi) is 5.47. The average molecular weight is 350 g/mol. The van der Waals surface area contributed by atoms with E-state index < -0.39 is 16.1 Å². The molecule has 0 radical (unpaired) electrons. The maximum atomic E-state index is 10.8. The summed E-state index contributed by atoms with van der Waals surface area (Å²) in [5.41, 5.74) is 0.952. The van der Waals surface area contributed by atoms with Gasteiger partial charge in [0.05, 0.1) is 18.8 Å². The van der Waals surface area contributed by atoms with Crippen LogP contribution in [0.5, 0.6) is 0 Å². The van der Waals surface area contributed by atoms with Crippen LogP contribution in [0.1, 0.15) is 25.8 Å². The second-order valence-electron chi connectivity index (χ2n) is 5.61. The molecule has 22 heavy (non-hydrogen) atoms. The fourth-order valence-electron chi connectivity index (χ4n) is 2.49. The largest absolute Gasteiger partial charge is 0.344 e. The summed E-state index contributed by atoms with van der Waals surface area (Å²) in [6.45, 7) is 3.57. The zero-order valence-electron chi connectivity index (χ0n) is 12.5. The van der Waals surface area contributed by atoms with E-state index in [0.29, 0.717) is 17.9 Å². The SMILES string of the molecule is CC1(C)O[C@@H](CCOS(N)(=O)=O)[C@H](Cc2ccccc2Cl)O1. The predicted molar refractivity (Wildman–Crippen MR) is 82.7 cm³/mol. The van der Waals surface area contributed by atoms with E-state index in [-0.39, 0.29) is 18.8 Å². The zero-order chi connectivity index (χ0) is 16.4. The second-order valence-corrected chi connectivity index (χ2v) is 7.24. The quantitative estimate of drug-likeness (QED) is 0.848. The first-order chi connectivity index (χ1) is 10.2. The van der Waals surface area contributed by atoms with Crippen LogP contribution in [0.15, 0.2) is 24.3 Å². The summed E-state index contributed by atoms with van der Waals surface area (Å²) in [6.07, 6.45) is 0.394. The summed E-state index contributed by atoms with van der Waals surface area (Å²) in [5.74, 6) is -0.738. The van der Waals surface area contributed by atoms with E-state index in [1.165, 1.54) is 0 Å². The van der Waals surface area contributed by atoms with E-state index in [4.69, 9.17) is 26.2 Å². The third kappa shape index (κ3) is 5.19. The molecule has 1 heterocycles. The molecule has 0 bridgehead atoms. The molecular weight excluding hydrogens is 330 g/mol. The van der Waals surface area contributed by atoms with Crippen LogP contribution in [0.2, 0.25) is 5.02 Å². The highest BCUT2D eigenvalue weighted by molar-refractivity contribution is 7.84. The average Bonchev–Trinajstić information content (AvgIpc) is 2.65. The van der Waals surface area contributed by atoms with Crippen LogP contribution in [-0.2, 0) is 30.4 Å². The third-order valence-electron chi connectivity index (χ3n) is 3.31. The molecule has 1 aliphatic heterocycles. The van der Waals surface area contributed by atoms with E-state index >= 15 is 0 Å². The lowest BCUT2D eigenvalue weighted by atomic mass is 10.0. The minimum Gasteiger partial charge on any atom is -0.344 e. The minimum absolute atomic E-state index is 0.0536. The van der Waals surface area contributed by atoms with Gasteiger partial charge >= 0.3 is 10.3 Å². The van der Waals surface area contributed by atoms with Crippen molar-refractivity contribution in [2.45, 2.75) is 44.7 Å². The first-order valence-corrected chi connectivity index (χ1v) is 8.77. The Balaban J connectivity index is 2.02. The van der Waals surface area contributed by atoms with Gasteiger partial charge in [-0.25, -0.2) is 5.14 Å². The molecule has 8 heteroatoms. The monoisotopic (exact) mass is 349 g/mol. The van der Waals surface area contributed by atoms with Crippen molar-refractivity contribution in [3.63, 3.8) is 0 Å². The van der Waals surface area contributed by atoms with Gasteiger partial charge in [-0.15, -0.1) is 0 Å². The summed E-state index contributed by atoms with van der Waals surface area (Å²) < 4.78 is 37.9. The van der Waals surface area contributed by atoms with Crippen molar-refractivity contribution in [2.75, 3.05) is 6.61 Å². The normalized spacial score (nSPS) is 24.5. The molecule has 2 atom stereocenters. The molecule has 0 unspecified atom stereocenters. The van der Waals surface area contributed by atoms with Crippen LogP contribution >= 0.6 is 11.6 Å². The molecule has 124 valence electrons. The molecule has 2 rings (SSSR count). The summed E-state index contributed by atoms with van der Waals surface area (Å²) in [5, 5.41) is 5.47. The fraction of sp³-hybridized carbons (Fsp3) is 0.571. The summed E-state index contributed by atoms with van der Waals surface area (Å²) >= 11 is 6.17. The molecule has 0 saturated carbocycles. The minimum atomic E-state index is -3.95. The maximum Gasteiger partial charge on any atom is 0.333 e. The van der Waals surface area contributed by atoms with Crippen LogP contribution in [-0.4, -0.2) is 33.0 Å². The van der Waals surface area contributed by atoms with Gasteiger partial charge in [0, 0.05) is 17.9 Å². The van der Waals surface area contributed by atoms with Crippen molar-refractivity contribution in [1.82, 2.24) is 0 Å². The number of nitrogens with two attached hydrogens (primary N) is 1. The summed E-state index contributed by atoms with van der Waals surface area (Å²) in [7, 11) is -3.95. The molecule has 1 aromatic carbocycles. The van der Waals surface area contributed by atoms with Crippen molar-refractivity contribution in [1.29, 1.82) is 0 Å². The molecule has 1 aliphatic rings. The van der Waals surface area contributed by atoms with Gasteiger partial charge in [-0.1, -0.05) is 29.8 Å². The van der Waals surface area contributed by atoms with Crippen molar-refractivity contribution in [3.05, 3.63) is 34.9 Å². The first kappa shape index (κ1) is 17.7. The predicted octanol–water partition coefficient (Wildman–Crippen LogP) is 2.01. The van der Waals surface area contributed by atoms with Gasteiger partial charge in [0.25, 0.3) is 0 Å². The van der Waals surface area contributed by atoms with E-state index in [0.717, 1.165) is 5.56 Å². The first-order valence-electron chi connectivity index (χ1n) is 6.92. The van der Waals surface area contributed by atoms with Gasteiger partial charge in [0.1, 0.15) is 0 Å². The van der Waals surface area contributed by atoms with E-state index in [2.05, 4.69) is 4.18 Å². The highest BCUT2D eigenvalue weighted by atomic mass is 35.5. The Morgan fingerprint density at radius 1 is 1.27 bits per heavy atom. The van der Waals surface area contributed by atoms with E-state index in [1.54, 1.807) is 0 Å². The lowest BCUT2D eigenvalue weighted by molar-refractivity contribution is -0.146. The van der Waals surface area contributed by atoms with Crippen molar-refractivity contribution in [3.8, 4) is 0 Å². The molecule has 0 aliphatic carbocycles. The highest BCUT2D eigenvalue weighted by Crippen LogP contribution is 2.33. The number of ether oxygens (including phenoxy) is 2. The Morgan fingerprint density at radius 2 is 1.91 bits per heavy atom. The molecule has 2 N–H and O–H groups in total. The van der Waals surface area contributed by atoms with Gasteiger partial charge in [-0.05, 0) is 25.5 Å². The molecule has 1 saturated heterocycles. The highest BCUT2D eigenvalue weighted by Gasteiger charge is 2.41. The summed E-state index contributed by atoms with van der Waals surface area (Å²) in [6, 6.07) is 7.51. The number of hydrogen-bond acceptors (Lipinski definition) is 5. The van der Waals surface area contributed by atoms with Crippen LogP contribution in [0, 0.1) is 0 Å². The van der Waals surface area contributed by atoms with Crippen LogP contribution in [0.3, 0.4) is 0 Å². The van der Waals surface area contributed by atoms with Crippen LogP contribution in [0.4, 0.5) is 0 Å². The molecule has 6 nitrogen and oxygen atoms in total. The zero-order valence-corrected chi connectivity index (χ0v) is 14.1. The Labute approximate surface area is 135 Å². The van der Waals surface area contributed by atoms with Gasteiger partial charge in [0.2, 0.25) is 0 Å². The van der Waals surface area contributed by atoms with Gasteiger partial charge in [-0.3, -0.25) is 4.18 Å². The summed E-state index contributed by atoms with van der Waals surface area (Å²) in [4.78, 5) is 0. The number of hydrogen-bond donors (Lipinski definition) is 1. The second kappa shape index (κ2) is 6.82. The molecule has 0 amide bonds. The van der Waals surface area contributed by atoms with Crippen molar-refractivity contribution >= 4 is 21.9 Å². The van der Waals surface area contributed by atoms with Crippen molar-refractivity contribution < 1.29 is 22.1 Å². The standard InChI is InChI=1S/C14H20ClNO5S/c1-14(2)20-12(7-8-19-22(16,17)18)13(21-14)9-10-5-3-4-6-11(10)15/h3-6,12-13H,7-9H2,1-2H3,(H2,16,17,18)/t12-,13-/m0/s1.